The molecule has 0 fully saturated rings. The minimum Gasteiger partial charge on any atom is -0.340 e. The van der Waals surface area contributed by atoms with E-state index in [2.05, 4.69) is 26.2 Å². The van der Waals surface area contributed by atoms with Gasteiger partial charge in [-0.1, -0.05) is 6.07 Å². The third-order valence-electron chi connectivity index (χ3n) is 2.85. The number of nitrogens with zero attached hydrogens (tertiary/aromatic N) is 2. The fraction of sp³-hybridized carbons (Fsp3) is 0.308. The van der Waals surface area contributed by atoms with Crippen molar-refractivity contribution in [1.82, 2.24) is 14.9 Å². The molecule has 0 aliphatic heterocycles. The Morgan fingerprint density at radius 2 is 2.28 bits per heavy atom. The molecule has 0 radical (unpaired) electrons. The van der Waals surface area contributed by atoms with Gasteiger partial charge in [-0.2, -0.15) is 0 Å². The van der Waals surface area contributed by atoms with E-state index in [4.69, 9.17) is 0 Å². The molecule has 2 aromatic rings. The molecule has 0 saturated heterocycles. The van der Waals surface area contributed by atoms with Gasteiger partial charge < -0.3 is 9.88 Å². The molecule has 1 unspecified atom stereocenters. The first-order valence-electron chi connectivity index (χ1n) is 5.69. The maximum atomic E-state index is 13.2. The van der Waals surface area contributed by atoms with Crippen molar-refractivity contribution in [3.05, 3.63) is 52.3 Å². The Labute approximate surface area is 114 Å². The zero-order valence-corrected chi connectivity index (χ0v) is 11.9. The maximum Gasteiger partial charge on any atom is 0.137 e. The van der Waals surface area contributed by atoms with E-state index in [0.29, 0.717) is 4.47 Å². The molecular formula is C13H15BrFN3. The van der Waals surface area contributed by atoms with Gasteiger partial charge in [0.05, 0.1) is 22.5 Å². The van der Waals surface area contributed by atoms with Crippen LogP contribution >= 0.6 is 15.9 Å². The smallest absolute Gasteiger partial charge is 0.137 e. The number of aryl methyl sites for hydroxylation is 1. The van der Waals surface area contributed by atoms with E-state index in [9.17, 15) is 4.39 Å². The van der Waals surface area contributed by atoms with Gasteiger partial charge in [0.15, 0.2) is 0 Å². The van der Waals surface area contributed by atoms with Crippen LogP contribution in [0, 0.1) is 5.82 Å². The lowest BCUT2D eigenvalue weighted by Crippen LogP contribution is -2.19. The van der Waals surface area contributed by atoms with Gasteiger partial charge in [-0.05, 0) is 47.1 Å². The van der Waals surface area contributed by atoms with Crippen molar-refractivity contribution in [1.29, 1.82) is 0 Å². The van der Waals surface area contributed by atoms with Gasteiger partial charge in [-0.25, -0.2) is 9.37 Å². The molecule has 1 heterocycles. The summed E-state index contributed by atoms with van der Waals surface area (Å²) in [4.78, 5) is 4.34. The molecule has 1 aromatic carbocycles. The first-order chi connectivity index (χ1) is 8.60. The van der Waals surface area contributed by atoms with Crippen molar-refractivity contribution in [3.63, 3.8) is 0 Å². The number of nitrogens with one attached hydrogen (secondary N) is 1. The van der Waals surface area contributed by atoms with E-state index in [1.807, 2.05) is 30.9 Å². The first-order valence-corrected chi connectivity index (χ1v) is 6.48. The number of hydrogen-bond donors (Lipinski definition) is 1. The van der Waals surface area contributed by atoms with Crippen LogP contribution in [0.1, 0.15) is 17.3 Å². The van der Waals surface area contributed by atoms with Crippen LogP contribution in [0.25, 0.3) is 0 Å². The molecule has 1 N–H and O–H groups in total. The molecule has 0 saturated carbocycles. The Morgan fingerprint density at radius 3 is 2.83 bits per heavy atom. The van der Waals surface area contributed by atoms with Gasteiger partial charge in [0.25, 0.3) is 0 Å². The van der Waals surface area contributed by atoms with E-state index in [1.165, 1.54) is 6.07 Å². The first kappa shape index (κ1) is 13.2. The largest absolute Gasteiger partial charge is 0.340 e. The van der Waals surface area contributed by atoms with Gasteiger partial charge in [-0.15, -0.1) is 0 Å². The summed E-state index contributed by atoms with van der Waals surface area (Å²) in [5.74, 6) is -0.238. The quantitative estimate of drug-likeness (QED) is 0.941. The Bertz CT molecular complexity index is 539. The summed E-state index contributed by atoms with van der Waals surface area (Å²) in [5, 5.41) is 3.23. The van der Waals surface area contributed by atoms with Crippen LogP contribution < -0.4 is 5.32 Å². The van der Waals surface area contributed by atoms with E-state index in [1.54, 1.807) is 12.4 Å². The second kappa shape index (κ2) is 5.63. The van der Waals surface area contributed by atoms with E-state index >= 15 is 0 Å². The number of benzene rings is 1. The Hall–Kier alpha value is -1.20. The Balaban J connectivity index is 2.17. The summed E-state index contributed by atoms with van der Waals surface area (Å²) in [5.41, 5.74) is 2.05. The SMILES string of the molecule is CNC(Cc1ccc(F)c(Br)c1)c1cn(C)cn1. The number of likely N-dealkylation sites (N-methyl/N-ethyl adjacent to an activating group) is 1. The molecule has 96 valence electrons. The zero-order valence-electron chi connectivity index (χ0n) is 10.3. The van der Waals surface area contributed by atoms with Crippen molar-refractivity contribution in [3.8, 4) is 0 Å². The average molecular weight is 312 g/mol. The monoisotopic (exact) mass is 311 g/mol. The fourth-order valence-electron chi connectivity index (χ4n) is 1.87. The van der Waals surface area contributed by atoms with E-state index in [0.717, 1.165) is 17.7 Å². The molecule has 0 bridgehead atoms. The molecule has 0 spiro atoms. The molecule has 0 aliphatic rings. The Morgan fingerprint density at radius 1 is 1.50 bits per heavy atom. The highest BCUT2D eigenvalue weighted by molar-refractivity contribution is 9.10. The van der Waals surface area contributed by atoms with Crippen LogP contribution in [0.2, 0.25) is 0 Å². The zero-order chi connectivity index (χ0) is 13.1. The topological polar surface area (TPSA) is 29.9 Å². The summed E-state index contributed by atoms with van der Waals surface area (Å²) in [6.07, 6.45) is 4.53. The van der Waals surface area contributed by atoms with Gasteiger partial charge in [-0.3, -0.25) is 0 Å². The third-order valence-corrected chi connectivity index (χ3v) is 3.46. The second-order valence-corrected chi connectivity index (χ2v) is 5.11. The lowest BCUT2D eigenvalue weighted by Gasteiger charge is -2.14. The van der Waals surface area contributed by atoms with Gasteiger partial charge in [0.1, 0.15) is 5.82 Å². The highest BCUT2D eigenvalue weighted by Gasteiger charge is 2.13. The number of imidazole rings is 1. The molecular weight excluding hydrogens is 297 g/mol. The van der Waals surface area contributed by atoms with Crippen molar-refractivity contribution in [2.24, 2.45) is 7.05 Å². The normalized spacial score (nSPS) is 12.7. The molecule has 18 heavy (non-hydrogen) atoms. The van der Waals surface area contributed by atoms with Crippen LogP contribution in [-0.2, 0) is 13.5 Å². The Kier molecular flexibility index (Phi) is 4.14. The number of halogens is 2. The predicted molar refractivity (Wildman–Crippen MR) is 72.8 cm³/mol. The third kappa shape index (κ3) is 2.97. The molecule has 1 atom stereocenters. The molecule has 2 rings (SSSR count). The molecule has 3 nitrogen and oxygen atoms in total. The van der Waals surface area contributed by atoms with Crippen LogP contribution in [-0.4, -0.2) is 16.6 Å². The molecule has 0 amide bonds. The molecule has 0 aliphatic carbocycles. The average Bonchev–Trinajstić information content (AvgIpc) is 2.77. The lowest BCUT2D eigenvalue weighted by molar-refractivity contribution is 0.575. The van der Waals surface area contributed by atoms with Crippen molar-refractivity contribution in [2.45, 2.75) is 12.5 Å². The minimum absolute atomic E-state index is 0.128. The van der Waals surface area contributed by atoms with Crippen LogP contribution in [0.3, 0.4) is 0 Å². The predicted octanol–water partition coefficient (Wildman–Crippen LogP) is 2.82. The van der Waals surface area contributed by atoms with Gasteiger partial charge in [0.2, 0.25) is 0 Å². The van der Waals surface area contributed by atoms with Crippen LogP contribution in [0.5, 0.6) is 0 Å². The number of aromatic nitrogens is 2. The highest BCUT2D eigenvalue weighted by Crippen LogP contribution is 2.21. The van der Waals surface area contributed by atoms with Crippen LogP contribution in [0.15, 0.2) is 35.2 Å². The van der Waals surface area contributed by atoms with Crippen LogP contribution in [0.4, 0.5) is 4.39 Å². The summed E-state index contributed by atoms with van der Waals surface area (Å²) in [7, 11) is 3.84. The highest BCUT2D eigenvalue weighted by atomic mass is 79.9. The molecule has 5 heteroatoms. The summed E-state index contributed by atoms with van der Waals surface area (Å²) in [6.45, 7) is 0. The van der Waals surface area contributed by atoms with Crippen molar-refractivity contribution >= 4 is 15.9 Å². The van der Waals surface area contributed by atoms with Crippen molar-refractivity contribution in [2.75, 3.05) is 7.05 Å². The minimum atomic E-state index is -0.238. The summed E-state index contributed by atoms with van der Waals surface area (Å²) < 4.78 is 15.6. The maximum absolute atomic E-state index is 13.2. The van der Waals surface area contributed by atoms with Gasteiger partial charge >= 0.3 is 0 Å². The lowest BCUT2D eigenvalue weighted by atomic mass is 10.0. The van der Waals surface area contributed by atoms with Crippen molar-refractivity contribution < 1.29 is 4.39 Å². The summed E-state index contributed by atoms with van der Waals surface area (Å²) in [6, 6.07) is 5.21. The van der Waals surface area contributed by atoms with E-state index in [-0.39, 0.29) is 11.9 Å². The fourth-order valence-corrected chi connectivity index (χ4v) is 2.30. The standard InChI is InChI=1S/C13H15BrFN3/c1-16-12(13-7-18(2)8-17-13)6-9-3-4-11(15)10(14)5-9/h3-5,7-8,12,16H,6H2,1-2H3. The summed E-state index contributed by atoms with van der Waals surface area (Å²) >= 11 is 3.20. The van der Waals surface area contributed by atoms with E-state index < -0.39 is 0 Å². The molecule has 1 aromatic heterocycles. The van der Waals surface area contributed by atoms with Gasteiger partial charge in [0, 0.05) is 13.2 Å². The second-order valence-electron chi connectivity index (χ2n) is 4.26. The number of hydrogen-bond acceptors (Lipinski definition) is 2. The number of rotatable bonds is 4.